The molecule has 244 valence electrons. The second-order valence-corrected chi connectivity index (χ2v) is 24.9. The van der Waals surface area contributed by atoms with Crippen LogP contribution in [0.5, 0.6) is 0 Å². The normalized spacial score (nSPS) is 13.0. The number of aliphatic hydroxyl groups excluding tert-OH is 2. The number of carbonyl (C=O) groups is 2. The molecule has 0 spiro atoms. The molecule has 0 aliphatic heterocycles. The van der Waals surface area contributed by atoms with Crippen LogP contribution in [0.3, 0.4) is 0 Å². The van der Waals surface area contributed by atoms with Gasteiger partial charge in [0.05, 0.1) is 11.5 Å². The van der Waals surface area contributed by atoms with Gasteiger partial charge in [-0.05, 0) is 17.6 Å². The van der Waals surface area contributed by atoms with Gasteiger partial charge in [0.2, 0.25) is 0 Å². The largest absolute Gasteiger partial charge is 0.616 e. The molecule has 19 heteroatoms. The zero-order valence-electron chi connectivity index (χ0n) is 23.0. The van der Waals surface area contributed by atoms with Crippen LogP contribution < -0.4 is 0 Å². The van der Waals surface area contributed by atoms with E-state index in [9.17, 15) is 18.7 Å². The molecule has 0 saturated heterocycles. The van der Waals surface area contributed by atoms with Crippen LogP contribution in [0.2, 0.25) is 0 Å². The summed E-state index contributed by atoms with van der Waals surface area (Å²) < 4.78 is 23.8. The standard InChI is InChI=1S/C22H42O6S13/c23-3-1-5-38-21(25)11-31-15-34-14-30-7-10-41(28)20-37-18-35-17-36-19-39-22(26)12-32-16-33-13-29-6-9-40(27)8-2-4-24/h23-24H,1-20H2. The fourth-order valence-corrected chi connectivity index (χ4v) is 18.1. The van der Waals surface area contributed by atoms with Gasteiger partial charge in [-0.2, -0.15) is 0 Å². The molecule has 2 N–H and O–H groups in total. The van der Waals surface area contributed by atoms with E-state index in [1.165, 1.54) is 23.5 Å². The van der Waals surface area contributed by atoms with Gasteiger partial charge in [-0.15, -0.1) is 94.1 Å². The van der Waals surface area contributed by atoms with E-state index < -0.39 is 22.4 Å². The van der Waals surface area contributed by atoms with Crippen LogP contribution in [0.4, 0.5) is 0 Å². The highest BCUT2D eigenvalue weighted by Crippen LogP contribution is 2.25. The zero-order valence-corrected chi connectivity index (χ0v) is 33.6. The Morgan fingerprint density at radius 2 is 1.00 bits per heavy atom. The minimum Gasteiger partial charge on any atom is -0.616 e. The monoisotopic (exact) mass is 818 g/mol. The van der Waals surface area contributed by atoms with Gasteiger partial charge in [-0.25, -0.2) is 0 Å². The van der Waals surface area contributed by atoms with Crippen LogP contribution in [0.15, 0.2) is 0 Å². The Morgan fingerprint density at radius 3 is 1.61 bits per heavy atom. The molecule has 0 aromatic heterocycles. The van der Waals surface area contributed by atoms with E-state index in [-0.39, 0.29) is 23.4 Å². The zero-order chi connectivity index (χ0) is 30.2. The molecule has 0 aliphatic rings. The smallest absolute Gasteiger partial charge is 0.199 e. The minimum atomic E-state index is -0.821. The first-order chi connectivity index (χ1) is 20.0. The minimum absolute atomic E-state index is 0.104. The highest BCUT2D eigenvalue weighted by Gasteiger charge is 2.08. The summed E-state index contributed by atoms with van der Waals surface area (Å²) in [5.74, 6) is 5.48. The summed E-state index contributed by atoms with van der Waals surface area (Å²) in [6, 6.07) is 0. The molecule has 0 aromatic carbocycles. The fourth-order valence-electron chi connectivity index (χ4n) is 2.12. The first-order valence-electron chi connectivity index (χ1n) is 12.4. The van der Waals surface area contributed by atoms with E-state index in [0.29, 0.717) is 52.4 Å². The van der Waals surface area contributed by atoms with Gasteiger partial charge in [0, 0.05) is 72.5 Å². The second-order valence-electron chi connectivity index (χ2n) is 7.36. The lowest BCUT2D eigenvalue weighted by atomic mass is 10.5. The number of hydrogen-bond donors (Lipinski definition) is 2. The molecule has 2 unspecified atom stereocenters. The third-order valence-corrected chi connectivity index (χ3v) is 21.1. The van der Waals surface area contributed by atoms with E-state index in [1.807, 2.05) is 11.8 Å². The Bertz CT molecular complexity index is 600. The quantitative estimate of drug-likeness (QED) is 0.0467. The van der Waals surface area contributed by atoms with Gasteiger partial charge in [0.25, 0.3) is 0 Å². The number of rotatable bonds is 32. The highest BCUT2D eigenvalue weighted by molar-refractivity contribution is 8.30. The van der Waals surface area contributed by atoms with Crippen molar-refractivity contribution in [2.45, 2.75) is 12.8 Å². The number of hydrogen-bond acceptors (Lipinski definition) is 17. The average molecular weight is 819 g/mol. The van der Waals surface area contributed by atoms with Crippen molar-refractivity contribution in [2.75, 3.05) is 99.9 Å². The first-order valence-corrected chi connectivity index (χ1v) is 27.8. The van der Waals surface area contributed by atoms with E-state index in [0.717, 1.165) is 47.1 Å². The van der Waals surface area contributed by atoms with Crippen molar-refractivity contribution in [2.24, 2.45) is 0 Å². The van der Waals surface area contributed by atoms with Crippen molar-refractivity contribution in [3.05, 3.63) is 0 Å². The van der Waals surface area contributed by atoms with Crippen molar-refractivity contribution in [3.63, 3.8) is 0 Å². The summed E-state index contributed by atoms with van der Waals surface area (Å²) >= 11 is 16.8. The van der Waals surface area contributed by atoms with Gasteiger partial charge in [0.1, 0.15) is 17.3 Å². The van der Waals surface area contributed by atoms with E-state index in [4.69, 9.17) is 10.2 Å². The van der Waals surface area contributed by atoms with Gasteiger partial charge in [-0.1, -0.05) is 46.5 Å². The predicted octanol–water partition coefficient (Wildman–Crippen LogP) is 6.03. The molecule has 0 rings (SSSR count). The summed E-state index contributed by atoms with van der Waals surface area (Å²) in [6.45, 7) is 0.239. The number of thioether (sulfide) groups is 11. The van der Waals surface area contributed by atoms with Crippen LogP contribution in [0.25, 0.3) is 0 Å². The lowest BCUT2D eigenvalue weighted by Crippen LogP contribution is -2.13. The lowest BCUT2D eigenvalue weighted by Gasteiger charge is -2.10. The number of carbonyl (C=O) groups excluding carboxylic acids is 2. The van der Waals surface area contributed by atoms with Crippen molar-refractivity contribution >= 4 is 162 Å². The third kappa shape index (κ3) is 36.4. The molecular formula is C22H42O6S13. The molecule has 0 radical (unpaired) electrons. The Morgan fingerprint density at radius 1 is 0.512 bits per heavy atom. The van der Waals surface area contributed by atoms with Gasteiger partial charge in [0.15, 0.2) is 15.3 Å². The topological polar surface area (TPSA) is 121 Å². The Kier molecular flexibility index (Phi) is 39.9. The summed E-state index contributed by atoms with van der Waals surface area (Å²) in [6.07, 6.45) is 1.27. The van der Waals surface area contributed by atoms with E-state index in [2.05, 4.69) is 0 Å². The molecule has 0 bridgehead atoms. The maximum Gasteiger partial charge on any atom is 0.199 e. The van der Waals surface area contributed by atoms with Gasteiger partial charge in [-0.3, -0.25) is 9.59 Å². The maximum atomic E-state index is 12.1. The van der Waals surface area contributed by atoms with Crippen molar-refractivity contribution in [3.8, 4) is 0 Å². The van der Waals surface area contributed by atoms with Crippen LogP contribution in [0, 0.1) is 0 Å². The Labute approximate surface area is 300 Å². The SMILES string of the molecule is O=C(CSCSCSCC[S+]([O-])CSCSCSCSC(=O)CSCSCSCC[S+]([O-])CCCO)SCCCO. The van der Waals surface area contributed by atoms with E-state index in [1.54, 1.807) is 94.1 Å². The molecule has 2 atom stereocenters. The molecular weight excluding hydrogens is 777 g/mol. The van der Waals surface area contributed by atoms with Gasteiger partial charge >= 0.3 is 0 Å². The molecule has 0 aliphatic carbocycles. The molecule has 0 amide bonds. The molecule has 0 fully saturated rings. The third-order valence-electron chi connectivity index (χ3n) is 3.96. The Balaban J connectivity index is 3.33. The molecule has 0 saturated carbocycles. The molecule has 6 nitrogen and oxygen atoms in total. The first kappa shape index (κ1) is 44.7. The van der Waals surface area contributed by atoms with Crippen LogP contribution in [-0.4, -0.2) is 129 Å². The van der Waals surface area contributed by atoms with Crippen LogP contribution in [0.1, 0.15) is 12.8 Å². The highest BCUT2D eigenvalue weighted by atomic mass is 32.3. The van der Waals surface area contributed by atoms with Crippen LogP contribution in [-0.2, 0) is 31.9 Å². The molecule has 0 heterocycles. The summed E-state index contributed by atoms with van der Waals surface area (Å²) in [4.78, 5) is 23.6. The van der Waals surface area contributed by atoms with Crippen molar-refractivity contribution in [1.82, 2.24) is 0 Å². The van der Waals surface area contributed by atoms with Gasteiger partial charge < -0.3 is 19.3 Å². The summed E-state index contributed by atoms with van der Waals surface area (Å²) in [7, 11) is 0. The van der Waals surface area contributed by atoms with Crippen molar-refractivity contribution < 1.29 is 28.9 Å². The Hall–Kier alpha value is 3.73. The van der Waals surface area contributed by atoms with Crippen LogP contribution >= 0.6 is 129 Å². The lowest BCUT2D eigenvalue weighted by molar-refractivity contribution is -0.109. The van der Waals surface area contributed by atoms with Crippen molar-refractivity contribution in [1.29, 1.82) is 0 Å². The fraction of sp³-hybridized carbons (Fsp3) is 0.909. The number of aliphatic hydroxyl groups is 2. The maximum absolute atomic E-state index is 12.1. The summed E-state index contributed by atoms with van der Waals surface area (Å²) in [5.41, 5.74) is 0. The average Bonchev–Trinajstić information content (AvgIpc) is 2.96. The molecule has 41 heavy (non-hydrogen) atoms. The molecule has 0 aromatic rings. The van der Waals surface area contributed by atoms with E-state index >= 15 is 0 Å². The summed E-state index contributed by atoms with van der Waals surface area (Å²) in [5, 5.41) is 24.8. The second kappa shape index (κ2) is 36.6. The predicted molar refractivity (Wildman–Crippen MR) is 211 cm³/mol.